The zero-order valence-corrected chi connectivity index (χ0v) is 7.69. The maximum absolute atomic E-state index is 5.72. The molecule has 1 saturated heterocycles. The van der Waals surface area contributed by atoms with Crippen LogP contribution in [-0.2, 0) is 4.74 Å². The molecular weight excluding hydrogens is 166 g/mol. The second kappa shape index (κ2) is 3.75. The molecule has 0 N–H and O–H groups in total. The fourth-order valence-electron chi connectivity index (χ4n) is 1.38. The van der Waals surface area contributed by atoms with E-state index in [1.54, 1.807) is 6.20 Å². The van der Waals surface area contributed by atoms with E-state index in [-0.39, 0.29) is 6.10 Å². The first-order chi connectivity index (χ1) is 6.36. The minimum atomic E-state index is 0.211. The van der Waals surface area contributed by atoms with Crippen molar-refractivity contribution >= 4 is 0 Å². The van der Waals surface area contributed by atoms with Crippen LogP contribution in [0, 0.1) is 6.92 Å². The van der Waals surface area contributed by atoms with Gasteiger partial charge in [-0.1, -0.05) is 0 Å². The first kappa shape index (κ1) is 8.51. The van der Waals surface area contributed by atoms with Gasteiger partial charge in [0.15, 0.2) is 0 Å². The second-order valence-corrected chi connectivity index (χ2v) is 3.19. The van der Waals surface area contributed by atoms with Gasteiger partial charge in [0, 0.05) is 12.6 Å². The molecule has 0 bridgehead atoms. The lowest BCUT2D eigenvalue weighted by Gasteiger charge is -2.12. The van der Waals surface area contributed by atoms with Crippen molar-refractivity contribution in [2.45, 2.75) is 19.4 Å². The van der Waals surface area contributed by atoms with E-state index in [0.29, 0.717) is 6.61 Å². The molecule has 0 aromatic carbocycles. The van der Waals surface area contributed by atoms with Crippen LogP contribution in [0.1, 0.15) is 12.1 Å². The highest BCUT2D eigenvalue weighted by Crippen LogP contribution is 2.18. The molecule has 1 aliphatic heterocycles. The Morgan fingerprint density at radius 3 is 3.23 bits per heavy atom. The highest BCUT2D eigenvalue weighted by atomic mass is 16.5. The first-order valence-corrected chi connectivity index (χ1v) is 4.52. The van der Waals surface area contributed by atoms with E-state index in [2.05, 4.69) is 4.98 Å². The number of hydrogen-bond donors (Lipinski definition) is 0. The van der Waals surface area contributed by atoms with Gasteiger partial charge in [-0.25, -0.2) is 0 Å². The standard InChI is InChI=1S/C10H13NO2/c1-8-10(3-2-5-11-8)13-9-4-6-12-7-9/h2-3,5,9H,4,6-7H2,1H3. The molecule has 0 aliphatic carbocycles. The summed E-state index contributed by atoms with van der Waals surface area (Å²) in [6, 6.07) is 3.83. The van der Waals surface area contributed by atoms with Gasteiger partial charge in [-0.3, -0.25) is 4.98 Å². The van der Waals surface area contributed by atoms with Crippen LogP contribution in [0.4, 0.5) is 0 Å². The number of hydrogen-bond acceptors (Lipinski definition) is 3. The van der Waals surface area contributed by atoms with Crippen molar-refractivity contribution in [3.8, 4) is 5.75 Å². The van der Waals surface area contributed by atoms with Gasteiger partial charge in [0.05, 0.1) is 18.9 Å². The SMILES string of the molecule is Cc1ncccc1OC1CCOC1. The van der Waals surface area contributed by atoms with Crippen LogP contribution in [0.5, 0.6) is 5.75 Å². The Hall–Kier alpha value is -1.09. The van der Waals surface area contributed by atoms with Crippen LogP contribution in [0.2, 0.25) is 0 Å². The molecule has 70 valence electrons. The Morgan fingerprint density at radius 2 is 2.54 bits per heavy atom. The van der Waals surface area contributed by atoms with Gasteiger partial charge in [0.25, 0.3) is 0 Å². The van der Waals surface area contributed by atoms with Crippen LogP contribution in [0.15, 0.2) is 18.3 Å². The molecule has 13 heavy (non-hydrogen) atoms. The summed E-state index contributed by atoms with van der Waals surface area (Å²) < 4.78 is 10.9. The van der Waals surface area contributed by atoms with Crippen molar-refractivity contribution in [1.29, 1.82) is 0 Å². The maximum atomic E-state index is 5.72. The summed E-state index contributed by atoms with van der Waals surface area (Å²) in [6.45, 7) is 3.46. The lowest BCUT2D eigenvalue weighted by Crippen LogP contribution is -2.16. The number of aryl methyl sites for hydroxylation is 1. The van der Waals surface area contributed by atoms with E-state index in [9.17, 15) is 0 Å². The van der Waals surface area contributed by atoms with Crippen molar-refractivity contribution in [3.63, 3.8) is 0 Å². The Morgan fingerprint density at radius 1 is 1.62 bits per heavy atom. The van der Waals surface area contributed by atoms with E-state index >= 15 is 0 Å². The highest BCUT2D eigenvalue weighted by molar-refractivity contribution is 5.25. The maximum Gasteiger partial charge on any atom is 0.141 e. The van der Waals surface area contributed by atoms with Crippen LogP contribution in [0.3, 0.4) is 0 Å². The van der Waals surface area contributed by atoms with Crippen LogP contribution in [0.25, 0.3) is 0 Å². The third-order valence-electron chi connectivity index (χ3n) is 2.14. The molecule has 1 fully saturated rings. The fraction of sp³-hybridized carbons (Fsp3) is 0.500. The van der Waals surface area contributed by atoms with Crippen LogP contribution in [-0.4, -0.2) is 24.3 Å². The third kappa shape index (κ3) is 1.98. The predicted octanol–water partition coefficient (Wildman–Crippen LogP) is 1.56. The van der Waals surface area contributed by atoms with Crippen LogP contribution < -0.4 is 4.74 Å². The van der Waals surface area contributed by atoms with Gasteiger partial charge in [-0.2, -0.15) is 0 Å². The molecule has 1 aromatic heterocycles. The van der Waals surface area contributed by atoms with E-state index in [1.165, 1.54) is 0 Å². The van der Waals surface area contributed by atoms with Gasteiger partial charge in [-0.05, 0) is 19.1 Å². The summed E-state index contributed by atoms with van der Waals surface area (Å²) in [6.07, 6.45) is 2.96. The summed E-state index contributed by atoms with van der Waals surface area (Å²) in [7, 11) is 0. The van der Waals surface area contributed by atoms with Crippen molar-refractivity contribution in [3.05, 3.63) is 24.0 Å². The Bertz CT molecular complexity index is 282. The van der Waals surface area contributed by atoms with E-state index in [1.807, 2.05) is 19.1 Å². The number of ether oxygens (including phenoxy) is 2. The van der Waals surface area contributed by atoms with Crippen molar-refractivity contribution in [1.82, 2.24) is 4.98 Å². The van der Waals surface area contributed by atoms with Gasteiger partial charge in [0.2, 0.25) is 0 Å². The molecule has 1 atom stereocenters. The van der Waals surface area contributed by atoms with Crippen LogP contribution >= 0.6 is 0 Å². The minimum absolute atomic E-state index is 0.211. The Labute approximate surface area is 77.7 Å². The highest BCUT2D eigenvalue weighted by Gasteiger charge is 2.17. The summed E-state index contributed by atoms with van der Waals surface area (Å²) >= 11 is 0. The quantitative estimate of drug-likeness (QED) is 0.690. The number of pyridine rings is 1. The predicted molar refractivity (Wildman–Crippen MR) is 48.8 cm³/mol. The average molecular weight is 179 g/mol. The molecule has 0 amide bonds. The van der Waals surface area contributed by atoms with Crippen molar-refractivity contribution in [2.24, 2.45) is 0 Å². The smallest absolute Gasteiger partial charge is 0.141 e. The lowest BCUT2D eigenvalue weighted by molar-refractivity contribution is 0.140. The van der Waals surface area contributed by atoms with Crippen molar-refractivity contribution < 1.29 is 9.47 Å². The normalized spacial score (nSPS) is 21.8. The minimum Gasteiger partial charge on any atom is -0.486 e. The van der Waals surface area contributed by atoms with E-state index < -0.39 is 0 Å². The molecule has 1 unspecified atom stereocenters. The Balaban J connectivity index is 2.04. The van der Waals surface area contributed by atoms with Crippen molar-refractivity contribution in [2.75, 3.05) is 13.2 Å². The van der Waals surface area contributed by atoms with E-state index in [4.69, 9.17) is 9.47 Å². The van der Waals surface area contributed by atoms with E-state index in [0.717, 1.165) is 24.5 Å². The Kier molecular flexibility index (Phi) is 2.45. The number of rotatable bonds is 2. The molecular formula is C10H13NO2. The zero-order chi connectivity index (χ0) is 9.10. The van der Waals surface area contributed by atoms with Gasteiger partial charge in [0.1, 0.15) is 11.9 Å². The topological polar surface area (TPSA) is 31.4 Å². The average Bonchev–Trinajstić information content (AvgIpc) is 2.61. The number of aromatic nitrogens is 1. The molecule has 2 rings (SSSR count). The molecule has 0 radical (unpaired) electrons. The molecule has 2 heterocycles. The molecule has 0 spiro atoms. The largest absolute Gasteiger partial charge is 0.486 e. The molecule has 1 aliphatic rings. The lowest BCUT2D eigenvalue weighted by atomic mass is 10.3. The molecule has 1 aromatic rings. The molecule has 0 saturated carbocycles. The van der Waals surface area contributed by atoms with Gasteiger partial charge in [-0.15, -0.1) is 0 Å². The summed E-state index contributed by atoms with van der Waals surface area (Å²) in [5, 5.41) is 0. The third-order valence-corrected chi connectivity index (χ3v) is 2.14. The fourth-order valence-corrected chi connectivity index (χ4v) is 1.38. The van der Waals surface area contributed by atoms with Gasteiger partial charge < -0.3 is 9.47 Å². The zero-order valence-electron chi connectivity index (χ0n) is 7.69. The van der Waals surface area contributed by atoms with Gasteiger partial charge >= 0.3 is 0 Å². The number of nitrogens with zero attached hydrogens (tertiary/aromatic N) is 1. The molecule has 3 heteroatoms. The summed E-state index contributed by atoms with van der Waals surface area (Å²) in [5.41, 5.74) is 0.939. The summed E-state index contributed by atoms with van der Waals surface area (Å²) in [4.78, 5) is 4.16. The molecule has 3 nitrogen and oxygen atoms in total. The second-order valence-electron chi connectivity index (χ2n) is 3.19. The summed E-state index contributed by atoms with van der Waals surface area (Å²) in [5.74, 6) is 0.873. The first-order valence-electron chi connectivity index (χ1n) is 4.52. The monoisotopic (exact) mass is 179 g/mol.